The maximum atomic E-state index is 5.87. The second kappa shape index (κ2) is 5.37. The SMILES string of the molecule is Cc1ccc(Cc2noc(CC3(CN)CCC3)n2)cc1. The third-order valence-corrected chi connectivity index (χ3v) is 4.37. The zero-order valence-electron chi connectivity index (χ0n) is 11.9. The van der Waals surface area contributed by atoms with E-state index in [-0.39, 0.29) is 5.41 Å². The van der Waals surface area contributed by atoms with Gasteiger partial charge in [0.25, 0.3) is 0 Å². The molecule has 20 heavy (non-hydrogen) atoms. The van der Waals surface area contributed by atoms with E-state index in [1.807, 2.05) is 0 Å². The molecule has 1 aliphatic carbocycles. The number of hydrogen-bond donors (Lipinski definition) is 1. The second-order valence-electron chi connectivity index (χ2n) is 6.00. The number of rotatable bonds is 5. The first kappa shape index (κ1) is 13.3. The average molecular weight is 271 g/mol. The van der Waals surface area contributed by atoms with Gasteiger partial charge < -0.3 is 10.3 Å². The molecule has 1 aromatic carbocycles. The highest BCUT2D eigenvalue weighted by atomic mass is 16.5. The van der Waals surface area contributed by atoms with Crippen LogP contribution in [0.4, 0.5) is 0 Å². The van der Waals surface area contributed by atoms with Crippen LogP contribution in [0.2, 0.25) is 0 Å². The number of benzene rings is 1. The lowest BCUT2D eigenvalue weighted by molar-refractivity contribution is 0.129. The molecule has 0 saturated heterocycles. The molecule has 3 rings (SSSR count). The van der Waals surface area contributed by atoms with Gasteiger partial charge in [-0.05, 0) is 37.3 Å². The van der Waals surface area contributed by atoms with Crippen LogP contribution in [0.15, 0.2) is 28.8 Å². The summed E-state index contributed by atoms with van der Waals surface area (Å²) in [4.78, 5) is 4.51. The topological polar surface area (TPSA) is 64.9 Å². The molecule has 0 unspecified atom stereocenters. The minimum absolute atomic E-state index is 0.216. The molecule has 4 nitrogen and oxygen atoms in total. The summed E-state index contributed by atoms with van der Waals surface area (Å²) in [5.74, 6) is 1.49. The highest BCUT2D eigenvalue weighted by Crippen LogP contribution is 2.42. The molecule has 4 heteroatoms. The normalized spacial score (nSPS) is 16.9. The van der Waals surface area contributed by atoms with E-state index in [4.69, 9.17) is 10.3 Å². The van der Waals surface area contributed by atoms with Crippen LogP contribution in [-0.2, 0) is 12.8 Å². The Balaban J connectivity index is 1.66. The Hall–Kier alpha value is -1.68. The molecule has 1 heterocycles. The Morgan fingerprint density at radius 2 is 2.00 bits per heavy atom. The van der Waals surface area contributed by atoms with Crippen molar-refractivity contribution in [3.05, 3.63) is 47.1 Å². The summed E-state index contributed by atoms with van der Waals surface area (Å²) in [6, 6.07) is 8.43. The van der Waals surface area contributed by atoms with E-state index in [1.165, 1.54) is 30.4 Å². The Kier molecular flexibility index (Phi) is 3.57. The smallest absolute Gasteiger partial charge is 0.227 e. The van der Waals surface area contributed by atoms with Crippen LogP contribution in [0.1, 0.15) is 42.1 Å². The molecule has 0 radical (unpaired) electrons. The zero-order valence-corrected chi connectivity index (χ0v) is 11.9. The van der Waals surface area contributed by atoms with Gasteiger partial charge in [0.05, 0.1) is 0 Å². The minimum Gasteiger partial charge on any atom is -0.339 e. The molecule has 0 atom stereocenters. The largest absolute Gasteiger partial charge is 0.339 e. The lowest BCUT2D eigenvalue weighted by atomic mass is 9.67. The van der Waals surface area contributed by atoms with Crippen LogP contribution < -0.4 is 5.73 Å². The zero-order chi connectivity index (χ0) is 14.0. The summed E-state index contributed by atoms with van der Waals surface area (Å²) in [6.07, 6.45) is 5.17. The molecular weight excluding hydrogens is 250 g/mol. The monoisotopic (exact) mass is 271 g/mol. The minimum atomic E-state index is 0.216. The second-order valence-corrected chi connectivity index (χ2v) is 6.00. The van der Waals surface area contributed by atoms with Gasteiger partial charge in [-0.1, -0.05) is 41.4 Å². The summed E-state index contributed by atoms with van der Waals surface area (Å²) in [7, 11) is 0. The predicted octanol–water partition coefficient (Wildman–Crippen LogP) is 2.64. The maximum Gasteiger partial charge on any atom is 0.227 e. The summed E-state index contributed by atoms with van der Waals surface area (Å²) >= 11 is 0. The quantitative estimate of drug-likeness (QED) is 0.908. The van der Waals surface area contributed by atoms with Crippen molar-refractivity contribution in [3.63, 3.8) is 0 Å². The molecule has 1 fully saturated rings. The molecule has 1 aromatic heterocycles. The van der Waals surface area contributed by atoms with Crippen molar-refractivity contribution in [2.24, 2.45) is 11.1 Å². The van der Waals surface area contributed by atoms with Gasteiger partial charge in [0.2, 0.25) is 5.89 Å². The number of hydrogen-bond acceptors (Lipinski definition) is 4. The van der Waals surface area contributed by atoms with Gasteiger partial charge in [0.15, 0.2) is 5.82 Å². The fraction of sp³-hybridized carbons (Fsp3) is 0.500. The van der Waals surface area contributed by atoms with E-state index in [1.54, 1.807) is 0 Å². The van der Waals surface area contributed by atoms with Crippen molar-refractivity contribution in [2.75, 3.05) is 6.54 Å². The fourth-order valence-electron chi connectivity index (χ4n) is 2.77. The number of nitrogens with zero attached hydrogens (tertiary/aromatic N) is 2. The van der Waals surface area contributed by atoms with E-state index in [9.17, 15) is 0 Å². The molecule has 0 amide bonds. The van der Waals surface area contributed by atoms with Gasteiger partial charge in [-0.2, -0.15) is 4.98 Å². The van der Waals surface area contributed by atoms with Crippen LogP contribution in [0, 0.1) is 12.3 Å². The molecular formula is C16H21N3O. The molecule has 2 aromatic rings. The van der Waals surface area contributed by atoms with Gasteiger partial charge in [-0.3, -0.25) is 0 Å². The maximum absolute atomic E-state index is 5.87. The van der Waals surface area contributed by atoms with E-state index >= 15 is 0 Å². The van der Waals surface area contributed by atoms with Crippen LogP contribution in [0.25, 0.3) is 0 Å². The lowest BCUT2D eigenvalue weighted by Crippen LogP contribution is -2.39. The summed E-state index contributed by atoms with van der Waals surface area (Å²) in [5.41, 5.74) is 8.56. The van der Waals surface area contributed by atoms with E-state index in [2.05, 4.69) is 41.3 Å². The van der Waals surface area contributed by atoms with Crippen molar-refractivity contribution < 1.29 is 4.52 Å². The third-order valence-electron chi connectivity index (χ3n) is 4.37. The molecule has 1 saturated carbocycles. The molecule has 0 spiro atoms. The lowest BCUT2D eigenvalue weighted by Gasteiger charge is -2.39. The standard InChI is InChI=1S/C16H21N3O/c1-12-3-5-13(6-4-12)9-14-18-15(20-19-14)10-16(11-17)7-2-8-16/h3-6H,2,7-11,17H2,1H3. The number of aromatic nitrogens is 2. The average Bonchev–Trinajstić information content (AvgIpc) is 2.84. The van der Waals surface area contributed by atoms with Gasteiger partial charge in [-0.25, -0.2) is 0 Å². The van der Waals surface area contributed by atoms with Crippen LogP contribution in [-0.4, -0.2) is 16.7 Å². The van der Waals surface area contributed by atoms with Crippen molar-refractivity contribution in [3.8, 4) is 0 Å². The van der Waals surface area contributed by atoms with Crippen LogP contribution in [0.5, 0.6) is 0 Å². The Labute approximate surface area is 119 Å². The van der Waals surface area contributed by atoms with Gasteiger partial charge in [0.1, 0.15) is 0 Å². The molecule has 2 N–H and O–H groups in total. The summed E-state index contributed by atoms with van der Waals surface area (Å²) in [5, 5.41) is 4.08. The van der Waals surface area contributed by atoms with E-state index < -0.39 is 0 Å². The molecule has 0 aliphatic heterocycles. The first-order valence-electron chi connectivity index (χ1n) is 7.26. The Morgan fingerprint density at radius 1 is 1.25 bits per heavy atom. The van der Waals surface area contributed by atoms with Crippen molar-refractivity contribution >= 4 is 0 Å². The van der Waals surface area contributed by atoms with Gasteiger partial charge >= 0.3 is 0 Å². The fourth-order valence-corrected chi connectivity index (χ4v) is 2.77. The van der Waals surface area contributed by atoms with E-state index in [0.29, 0.717) is 6.54 Å². The van der Waals surface area contributed by atoms with Crippen LogP contribution in [0.3, 0.4) is 0 Å². The highest BCUT2D eigenvalue weighted by Gasteiger charge is 2.37. The Bertz CT molecular complexity index is 564. The van der Waals surface area contributed by atoms with Crippen molar-refractivity contribution in [1.29, 1.82) is 0 Å². The molecule has 106 valence electrons. The summed E-state index contributed by atoms with van der Waals surface area (Å²) < 4.78 is 5.38. The first-order chi connectivity index (χ1) is 9.69. The summed E-state index contributed by atoms with van der Waals surface area (Å²) in [6.45, 7) is 2.80. The van der Waals surface area contributed by atoms with Gasteiger partial charge in [-0.15, -0.1) is 0 Å². The number of nitrogens with two attached hydrogens (primary N) is 1. The van der Waals surface area contributed by atoms with Crippen molar-refractivity contribution in [1.82, 2.24) is 10.1 Å². The highest BCUT2D eigenvalue weighted by molar-refractivity contribution is 5.23. The van der Waals surface area contributed by atoms with Crippen molar-refractivity contribution in [2.45, 2.75) is 39.0 Å². The first-order valence-corrected chi connectivity index (χ1v) is 7.26. The number of aryl methyl sites for hydroxylation is 1. The van der Waals surface area contributed by atoms with E-state index in [0.717, 1.165) is 24.6 Å². The van der Waals surface area contributed by atoms with Crippen LogP contribution >= 0.6 is 0 Å². The molecule has 1 aliphatic rings. The predicted molar refractivity (Wildman–Crippen MR) is 77.3 cm³/mol. The third kappa shape index (κ3) is 2.75. The van der Waals surface area contributed by atoms with Gasteiger partial charge in [0, 0.05) is 12.8 Å². The molecule has 0 bridgehead atoms. The Morgan fingerprint density at radius 3 is 2.60 bits per heavy atom.